The number of aliphatic hydroxyl groups is 1. The van der Waals surface area contributed by atoms with Gasteiger partial charge in [-0.05, 0) is 35.9 Å². The number of fused-ring (bicyclic) bond motifs is 3. The molecule has 0 aromatic heterocycles. The molecule has 7 nitrogen and oxygen atoms in total. The van der Waals surface area contributed by atoms with Crippen LogP contribution in [0.25, 0.3) is 0 Å². The van der Waals surface area contributed by atoms with Gasteiger partial charge in [0, 0.05) is 0 Å². The number of carbonyl (C=O) groups is 1. The van der Waals surface area contributed by atoms with E-state index in [1.807, 2.05) is 0 Å². The Bertz CT molecular complexity index is 824. The second-order valence-electron chi connectivity index (χ2n) is 4.84. The lowest BCUT2D eigenvalue weighted by Crippen LogP contribution is -2.39. The Kier molecular flexibility index (Phi) is 3.40. The van der Waals surface area contributed by atoms with Gasteiger partial charge in [-0.3, -0.25) is 4.79 Å². The predicted molar refractivity (Wildman–Crippen MR) is 81.8 cm³/mol. The number of hydrogen-bond acceptors (Lipinski definition) is 4. The summed E-state index contributed by atoms with van der Waals surface area (Å²) < 4.78 is 13.4. The SMILES string of the molecule is O.O=C1Nc2ccccc2N2[N]N(c3cccc(F)c3)C(O)=C12. The molecular formula is C15H12FN4O3. The number of hydrogen-bond donors (Lipinski definition) is 2. The van der Waals surface area contributed by atoms with Crippen molar-refractivity contribution >= 4 is 23.0 Å². The average Bonchev–Trinajstić information content (AvgIpc) is 2.86. The predicted octanol–water partition coefficient (Wildman–Crippen LogP) is 1.44. The monoisotopic (exact) mass is 315 g/mol. The van der Waals surface area contributed by atoms with E-state index in [1.54, 1.807) is 30.3 Å². The number of aliphatic hydroxyl groups excluding tert-OH is 1. The van der Waals surface area contributed by atoms with Crippen LogP contribution in [0.4, 0.5) is 21.5 Å². The molecule has 23 heavy (non-hydrogen) atoms. The number of halogens is 1. The summed E-state index contributed by atoms with van der Waals surface area (Å²) in [7, 11) is 0. The third-order valence-electron chi connectivity index (χ3n) is 3.45. The van der Waals surface area contributed by atoms with E-state index in [2.05, 4.69) is 10.9 Å². The van der Waals surface area contributed by atoms with Crippen molar-refractivity contribution in [2.45, 2.75) is 0 Å². The van der Waals surface area contributed by atoms with Crippen LogP contribution < -0.4 is 20.9 Å². The highest BCUT2D eigenvalue weighted by atomic mass is 19.1. The Labute approximate surface area is 130 Å². The normalized spacial score (nSPS) is 15.8. The Morgan fingerprint density at radius 1 is 1.09 bits per heavy atom. The van der Waals surface area contributed by atoms with E-state index < -0.39 is 11.7 Å². The van der Waals surface area contributed by atoms with E-state index in [0.29, 0.717) is 17.1 Å². The van der Waals surface area contributed by atoms with E-state index in [4.69, 9.17) is 0 Å². The summed E-state index contributed by atoms with van der Waals surface area (Å²) in [4.78, 5) is 12.2. The first-order chi connectivity index (χ1) is 10.6. The molecule has 1 radical (unpaired) electrons. The third-order valence-corrected chi connectivity index (χ3v) is 3.45. The maximum absolute atomic E-state index is 13.4. The fourth-order valence-electron chi connectivity index (χ4n) is 2.47. The van der Waals surface area contributed by atoms with E-state index in [9.17, 15) is 14.3 Å². The van der Waals surface area contributed by atoms with Crippen LogP contribution >= 0.6 is 0 Å². The maximum Gasteiger partial charge on any atom is 0.279 e. The van der Waals surface area contributed by atoms with Gasteiger partial charge in [-0.25, -0.2) is 14.4 Å². The molecule has 4 N–H and O–H groups in total. The van der Waals surface area contributed by atoms with Crippen LogP contribution in [-0.2, 0) is 4.79 Å². The van der Waals surface area contributed by atoms with Gasteiger partial charge in [-0.15, -0.1) is 0 Å². The molecule has 0 aliphatic carbocycles. The van der Waals surface area contributed by atoms with Crippen molar-refractivity contribution in [2.75, 3.05) is 15.3 Å². The zero-order valence-corrected chi connectivity index (χ0v) is 11.7. The third kappa shape index (κ3) is 2.17. The van der Waals surface area contributed by atoms with Crippen LogP contribution in [0.15, 0.2) is 60.1 Å². The fraction of sp³-hybridized carbons (Fsp3) is 0. The number of nitrogens with one attached hydrogen (secondary N) is 1. The zero-order chi connectivity index (χ0) is 15.3. The molecule has 0 saturated heterocycles. The summed E-state index contributed by atoms with van der Waals surface area (Å²) >= 11 is 0. The van der Waals surface area contributed by atoms with Crippen molar-refractivity contribution in [3.63, 3.8) is 0 Å². The van der Waals surface area contributed by atoms with Gasteiger partial charge in [-0.2, -0.15) is 0 Å². The van der Waals surface area contributed by atoms with Crippen molar-refractivity contribution in [1.82, 2.24) is 5.53 Å². The molecule has 2 aliphatic rings. The molecule has 0 saturated carbocycles. The number of anilines is 3. The minimum Gasteiger partial charge on any atom is -0.492 e. The smallest absolute Gasteiger partial charge is 0.279 e. The number of para-hydroxylation sites is 2. The summed E-state index contributed by atoms with van der Waals surface area (Å²) in [5.41, 5.74) is 5.75. The Hall–Kier alpha value is -3.10. The first kappa shape index (κ1) is 14.8. The second-order valence-corrected chi connectivity index (χ2v) is 4.84. The topological polar surface area (TPSA) is 101 Å². The van der Waals surface area contributed by atoms with Crippen molar-refractivity contribution in [1.29, 1.82) is 0 Å². The summed E-state index contributed by atoms with van der Waals surface area (Å²) in [6.45, 7) is 0. The van der Waals surface area contributed by atoms with Gasteiger partial charge in [0.05, 0.1) is 17.1 Å². The Morgan fingerprint density at radius 2 is 1.87 bits per heavy atom. The summed E-state index contributed by atoms with van der Waals surface area (Å²) in [5.74, 6) is -1.28. The minimum absolute atomic E-state index is 0. The molecule has 2 aromatic carbocycles. The van der Waals surface area contributed by atoms with Crippen molar-refractivity contribution in [3.05, 3.63) is 65.9 Å². The van der Waals surface area contributed by atoms with Gasteiger partial charge in [0.25, 0.3) is 5.91 Å². The summed E-state index contributed by atoms with van der Waals surface area (Å²) in [6, 6.07) is 12.7. The standard InChI is InChI=1S/C15H10FN4O2.H2O/c16-9-4-3-5-10(8-9)19-15(22)13-14(21)17-11-6-1-2-7-12(11)20(13)18-19;/h1-8,22H,(H,17,21);1H2. The molecule has 117 valence electrons. The van der Waals surface area contributed by atoms with Crippen molar-refractivity contribution < 1.29 is 19.8 Å². The van der Waals surface area contributed by atoms with Crippen LogP contribution in [0, 0.1) is 5.82 Å². The number of rotatable bonds is 1. The van der Waals surface area contributed by atoms with Crippen LogP contribution in [0.2, 0.25) is 0 Å². The highest BCUT2D eigenvalue weighted by Gasteiger charge is 2.41. The quantitative estimate of drug-likeness (QED) is 0.831. The highest BCUT2D eigenvalue weighted by Crippen LogP contribution is 2.38. The first-order valence-corrected chi connectivity index (χ1v) is 6.56. The van der Waals surface area contributed by atoms with Gasteiger partial charge in [0.15, 0.2) is 5.70 Å². The average molecular weight is 315 g/mol. The summed E-state index contributed by atoms with van der Waals surface area (Å²) in [6.07, 6.45) is 0. The largest absolute Gasteiger partial charge is 0.492 e. The van der Waals surface area contributed by atoms with Gasteiger partial charge in [0.2, 0.25) is 5.88 Å². The second kappa shape index (κ2) is 5.27. The number of amides is 1. The van der Waals surface area contributed by atoms with Crippen LogP contribution in [-0.4, -0.2) is 16.5 Å². The lowest BCUT2D eigenvalue weighted by molar-refractivity contribution is -0.113. The highest BCUT2D eigenvalue weighted by molar-refractivity contribution is 6.12. The Balaban J connectivity index is 0.00000156. The van der Waals surface area contributed by atoms with Crippen LogP contribution in [0.3, 0.4) is 0 Å². The van der Waals surface area contributed by atoms with Crippen LogP contribution in [0.1, 0.15) is 0 Å². The molecule has 0 spiro atoms. The molecule has 0 fully saturated rings. The van der Waals surface area contributed by atoms with E-state index >= 15 is 0 Å². The first-order valence-electron chi connectivity index (χ1n) is 6.56. The molecule has 0 atom stereocenters. The lowest BCUT2D eigenvalue weighted by Gasteiger charge is -2.26. The molecule has 2 aromatic rings. The maximum atomic E-state index is 13.4. The molecule has 0 bridgehead atoms. The molecule has 1 amide bonds. The van der Waals surface area contributed by atoms with E-state index in [-0.39, 0.29) is 17.1 Å². The fourth-order valence-corrected chi connectivity index (χ4v) is 2.47. The van der Waals surface area contributed by atoms with Gasteiger partial charge in [-0.1, -0.05) is 18.2 Å². The molecule has 0 unspecified atom stereocenters. The lowest BCUT2D eigenvalue weighted by atomic mass is 10.2. The summed E-state index contributed by atoms with van der Waals surface area (Å²) in [5, 5.41) is 15.5. The van der Waals surface area contributed by atoms with Gasteiger partial charge >= 0.3 is 0 Å². The molecule has 2 heterocycles. The van der Waals surface area contributed by atoms with Gasteiger partial charge in [0.1, 0.15) is 5.82 Å². The Morgan fingerprint density at radius 3 is 2.65 bits per heavy atom. The van der Waals surface area contributed by atoms with E-state index in [1.165, 1.54) is 23.2 Å². The van der Waals surface area contributed by atoms with Crippen molar-refractivity contribution in [3.8, 4) is 0 Å². The minimum atomic E-state index is -0.473. The molecule has 2 aliphatic heterocycles. The molecule has 8 heteroatoms. The number of nitrogens with zero attached hydrogens (tertiary/aromatic N) is 3. The van der Waals surface area contributed by atoms with Crippen molar-refractivity contribution in [2.24, 2.45) is 0 Å². The zero-order valence-electron chi connectivity index (χ0n) is 11.7. The van der Waals surface area contributed by atoms with E-state index in [0.717, 1.165) is 5.01 Å². The van der Waals surface area contributed by atoms with Gasteiger partial charge < -0.3 is 15.9 Å². The van der Waals surface area contributed by atoms with Crippen LogP contribution in [0.5, 0.6) is 0 Å². The molecular weight excluding hydrogens is 303 g/mol. The molecule has 4 rings (SSSR count). The number of benzene rings is 2. The number of carbonyl (C=O) groups excluding carboxylic acids is 1.